The third kappa shape index (κ3) is 1.23. The van der Waals surface area contributed by atoms with Crippen molar-refractivity contribution in [3.63, 3.8) is 0 Å². The molecule has 0 bridgehead atoms. The van der Waals surface area contributed by atoms with Crippen LogP contribution < -0.4 is 5.32 Å². The zero-order chi connectivity index (χ0) is 10.1. The highest BCUT2D eigenvalue weighted by Gasteiger charge is 2.29. The van der Waals surface area contributed by atoms with Gasteiger partial charge in [0.15, 0.2) is 0 Å². The second-order valence-corrected chi connectivity index (χ2v) is 3.38. The lowest BCUT2D eigenvalue weighted by Crippen LogP contribution is -2.34. The summed E-state index contributed by atoms with van der Waals surface area (Å²) in [4.78, 5) is 22.2. The number of rotatable bonds is 1. The van der Waals surface area contributed by atoms with E-state index < -0.39 is 0 Å². The van der Waals surface area contributed by atoms with E-state index in [2.05, 4.69) is 5.32 Å². The van der Waals surface area contributed by atoms with E-state index in [1.165, 1.54) is 0 Å². The number of ether oxygens (including phenoxy) is 1. The summed E-state index contributed by atoms with van der Waals surface area (Å²) in [5.74, 6) is -0.343. The zero-order valence-electron chi connectivity index (χ0n) is 7.87. The fourth-order valence-corrected chi connectivity index (χ4v) is 1.76. The van der Waals surface area contributed by atoms with Crippen molar-refractivity contribution in [1.82, 2.24) is 5.32 Å². The van der Waals surface area contributed by atoms with Crippen molar-refractivity contribution in [2.45, 2.75) is 19.4 Å². The number of hydrogen-bond acceptors (Lipinski definition) is 4. The van der Waals surface area contributed by atoms with Crippen LogP contribution in [0.2, 0.25) is 0 Å². The van der Waals surface area contributed by atoms with Crippen molar-refractivity contribution in [3.8, 4) is 0 Å². The molecule has 0 aromatic carbocycles. The van der Waals surface area contributed by atoms with Crippen LogP contribution in [0.25, 0.3) is 0 Å². The van der Waals surface area contributed by atoms with Gasteiger partial charge >= 0.3 is 5.97 Å². The molecule has 2 aliphatic heterocycles. The van der Waals surface area contributed by atoms with E-state index in [4.69, 9.17) is 4.74 Å². The molecule has 4 heteroatoms. The number of hydrogen-bond donors (Lipinski definition) is 1. The molecule has 1 saturated heterocycles. The van der Waals surface area contributed by atoms with Crippen molar-refractivity contribution in [2.75, 3.05) is 6.61 Å². The quantitative estimate of drug-likeness (QED) is 0.481. The maximum Gasteiger partial charge on any atom is 0.339 e. The lowest BCUT2D eigenvalue weighted by molar-refractivity contribution is -0.140. The van der Waals surface area contributed by atoms with Gasteiger partial charge in [0, 0.05) is 18.2 Å². The Morgan fingerprint density at radius 1 is 1.64 bits per heavy atom. The summed E-state index contributed by atoms with van der Waals surface area (Å²) in [7, 11) is 0. The highest BCUT2D eigenvalue weighted by Crippen LogP contribution is 2.27. The molecule has 0 saturated carbocycles. The van der Waals surface area contributed by atoms with E-state index in [9.17, 15) is 9.59 Å². The van der Waals surface area contributed by atoms with Gasteiger partial charge in [-0.15, -0.1) is 0 Å². The van der Waals surface area contributed by atoms with Crippen molar-refractivity contribution < 1.29 is 14.3 Å². The van der Waals surface area contributed by atoms with Crippen LogP contribution in [0.5, 0.6) is 0 Å². The highest BCUT2D eigenvalue weighted by molar-refractivity contribution is 5.97. The van der Waals surface area contributed by atoms with Crippen LogP contribution in [0.4, 0.5) is 0 Å². The number of fused-ring (bicyclic) bond motifs is 1. The number of dihydropyridines is 1. The van der Waals surface area contributed by atoms with Gasteiger partial charge in [-0.3, -0.25) is 4.79 Å². The minimum atomic E-state index is -0.343. The van der Waals surface area contributed by atoms with Crippen molar-refractivity contribution in [1.29, 1.82) is 0 Å². The molecule has 1 unspecified atom stereocenters. The monoisotopic (exact) mass is 193 g/mol. The van der Waals surface area contributed by atoms with E-state index in [0.717, 1.165) is 11.9 Å². The van der Waals surface area contributed by atoms with E-state index >= 15 is 0 Å². The van der Waals surface area contributed by atoms with E-state index in [-0.39, 0.29) is 12.0 Å². The SMILES string of the molecule is CC1NC=C2C(=O)OCCC2=C1C=O. The fourth-order valence-electron chi connectivity index (χ4n) is 1.76. The molecule has 0 aliphatic carbocycles. The van der Waals surface area contributed by atoms with Crippen LogP contribution in [0.1, 0.15) is 13.3 Å². The van der Waals surface area contributed by atoms with Gasteiger partial charge < -0.3 is 10.1 Å². The zero-order valence-corrected chi connectivity index (χ0v) is 7.87. The predicted octanol–water partition coefficient (Wildman–Crippen LogP) is 0.304. The molecule has 2 aliphatic rings. The first-order valence-electron chi connectivity index (χ1n) is 4.56. The molecular formula is C10H11NO3. The number of carbonyl (C=O) groups excluding carboxylic acids is 2. The smallest absolute Gasteiger partial charge is 0.339 e. The molecule has 0 spiro atoms. The normalized spacial score (nSPS) is 25.9. The molecule has 2 rings (SSSR count). The first-order chi connectivity index (χ1) is 6.74. The largest absolute Gasteiger partial charge is 0.462 e. The molecule has 0 aromatic heterocycles. The lowest BCUT2D eigenvalue weighted by Gasteiger charge is -2.27. The van der Waals surface area contributed by atoms with Crippen LogP contribution in [0.15, 0.2) is 22.9 Å². The lowest BCUT2D eigenvalue weighted by atomic mass is 9.90. The number of carbonyl (C=O) groups is 2. The first kappa shape index (κ1) is 8.99. The van der Waals surface area contributed by atoms with E-state index in [1.54, 1.807) is 6.20 Å². The average Bonchev–Trinajstić information content (AvgIpc) is 2.18. The summed E-state index contributed by atoms with van der Waals surface area (Å²) in [6.45, 7) is 2.26. The second kappa shape index (κ2) is 3.29. The summed E-state index contributed by atoms with van der Waals surface area (Å²) >= 11 is 0. The molecule has 1 N–H and O–H groups in total. The standard InChI is InChI=1S/C10H11NO3/c1-6-9(5-12)7-2-3-14-10(13)8(7)4-11-6/h4-6,11H,2-3H2,1H3. The van der Waals surface area contributed by atoms with Crippen LogP contribution in [-0.2, 0) is 14.3 Å². The maximum atomic E-state index is 11.3. The minimum absolute atomic E-state index is 0.0165. The van der Waals surface area contributed by atoms with Crippen molar-refractivity contribution >= 4 is 12.3 Å². The first-order valence-corrected chi connectivity index (χ1v) is 4.56. The number of aldehydes is 1. The maximum absolute atomic E-state index is 11.3. The Morgan fingerprint density at radius 2 is 2.43 bits per heavy atom. The van der Waals surface area contributed by atoms with Crippen LogP contribution in [0.3, 0.4) is 0 Å². The molecule has 1 fully saturated rings. The van der Waals surface area contributed by atoms with Crippen LogP contribution >= 0.6 is 0 Å². The summed E-state index contributed by atoms with van der Waals surface area (Å²) < 4.78 is 4.88. The summed E-state index contributed by atoms with van der Waals surface area (Å²) in [6, 6.07) is -0.0165. The van der Waals surface area contributed by atoms with Gasteiger partial charge in [0.25, 0.3) is 0 Å². The topological polar surface area (TPSA) is 55.4 Å². The molecule has 2 heterocycles. The number of esters is 1. The summed E-state index contributed by atoms with van der Waals surface area (Å²) in [5.41, 5.74) is 2.00. The summed E-state index contributed by atoms with van der Waals surface area (Å²) in [6.07, 6.45) is 3.09. The van der Waals surface area contributed by atoms with Gasteiger partial charge in [0.2, 0.25) is 0 Å². The van der Waals surface area contributed by atoms with E-state index in [1.807, 2.05) is 6.92 Å². The van der Waals surface area contributed by atoms with Gasteiger partial charge in [0.1, 0.15) is 6.29 Å². The molecule has 14 heavy (non-hydrogen) atoms. The Kier molecular flexibility index (Phi) is 2.11. The Morgan fingerprint density at radius 3 is 3.14 bits per heavy atom. The minimum Gasteiger partial charge on any atom is -0.462 e. The Hall–Kier alpha value is -1.58. The van der Waals surface area contributed by atoms with Crippen LogP contribution in [0, 0.1) is 0 Å². The number of cyclic esters (lactones) is 1. The predicted molar refractivity (Wildman–Crippen MR) is 49.3 cm³/mol. The second-order valence-electron chi connectivity index (χ2n) is 3.38. The third-order valence-electron chi connectivity index (χ3n) is 2.55. The van der Waals surface area contributed by atoms with Crippen LogP contribution in [-0.4, -0.2) is 24.9 Å². The summed E-state index contributed by atoms with van der Waals surface area (Å²) in [5, 5.41) is 2.96. The molecule has 74 valence electrons. The molecule has 4 nitrogen and oxygen atoms in total. The average molecular weight is 193 g/mol. The molecule has 0 aromatic rings. The molecule has 0 radical (unpaired) electrons. The Labute approximate surface area is 81.6 Å². The van der Waals surface area contributed by atoms with Crippen molar-refractivity contribution in [2.24, 2.45) is 0 Å². The molecule has 1 atom stereocenters. The fraction of sp³-hybridized carbons (Fsp3) is 0.400. The van der Waals surface area contributed by atoms with Gasteiger partial charge in [-0.1, -0.05) is 0 Å². The molecular weight excluding hydrogens is 182 g/mol. The van der Waals surface area contributed by atoms with Gasteiger partial charge in [-0.2, -0.15) is 0 Å². The van der Waals surface area contributed by atoms with Gasteiger partial charge in [0.05, 0.1) is 18.2 Å². The number of nitrogens with one attached hydrogen (secondary N) is 1. The van der Waals surface area contributed by atoms with Crippen molar-refractivity contribution in [3.05, 3.63) is 22.9 Å². The van der Waals surface area contributed by atoms with Gasteiger partial charge in [-0.25, -0.2) is 4.79 Å². The third-order valence-corrected chi connectivity index (χ3v) is 2.55. The van der Waals surface area contributed by atoms with E-state index in [0.29, 0.717) is 24.2 Å². The molecule has 0 amide bonds. The Balaban J connectivity index is 2.46. The highest BCUT2D eigenvalue weighted by atomic mass is 16.5. The van der Waals surface area contributed by atoms with Gasteiger partial charge in [-0.05, 0) is 12.5 Å². The Bertz CT molecular complexity index is 354.